The van der Waals surface area contributed by atoms with Crippen molar-refractivity contribution < 1.29 is 9.53 Å². The maximum absolute atomic E-state index is 12.6. The van der Waals surface area contributed by atoms with Gasteiger partial charge in [-0.3, -0.25) is 4.79 Å². The number of likely N-dealkylation sites (N-methyl/N-ethyl adjacent to an activating group) is 1. The van der Waals surface area contributed by atoms with E-state index in [-0.39, 0.29) is 12.2 Å². The Bertz CT molecular complexity index is 1110. The summed E-state index contributed by atoms with van der Waals surface area (Å²) in [5, 5.41) is 0.505. The van der Waals surface area contributed by atoms with Crippen LogP contribution in [-0.4, -0.2) is 61.0 Å². The molecule has 0 radical (unpaired) electrons. The van der Waals surface area contributed by atoms with Gasteiger partial charge in [-0.15, -0.1) is 0 Å². The number of ketones is 1. The van der Waals surface area contributed by atoms with E-state index in [0.717, 1.165) is 43.1 Å². The quantitative estimate of drug-likeness (QED) is 0.505. The van der Waals surface area contributed by atoms with Crippen molar-refractivity contribution in [2.75, 3.05) is 45.2 Å². The number of methoxy groups -OCH3 is 1. The molecule has 0 amide bonds. The van der Waals surface area contributed by atoms with Gasteiger partial charge in [0.05, 0.1) is 17.8 Å². The van der Waals surface area contributed by atoms with Crippen LogP contribution in [0.2, 0.25) is 5.02 Å². The third kappa shape index (κ3) is 6.30. The number of benzene rings is 2. The maximum atomic E-state index is 12.6. The molecule has 1 fully saturated rings. The highest BCUT2D eigenvalue weighted by Gasteiger charge is 2.15. The molecule has 2 heterocycles. The molecule has 0 unspecified atom stereocenters. The van der Waals surface area contributed by atoms with Gasteiger partial charge < -0.3 is 14.5 Å². The molecule has 4 rings (SSSR count). The molecule has 0 aliphatic carbocycles. The second-order valence-corrected chi connectivity index (χ2v) is 8.91. The largest absolute Gasteiger partial charge is 0.495 e. The Morgan fingerprint density at radius 2 is 1.76 bits per heavy atom. The first kappa shape index (κ1) is 23.2. The number of aromatic nitrogens is 2. The minimum Gasteiger partial charge on any atom is -0.495 e. The van der Waals surface area contributed by atoms with Gasteiger partial charge in [-0.1, -0.05) is 29.8 Å². The van der Waals surface area contributed by atoms with Crippen LogP contribution in [-0.2, 0) is 24.1 Å². The normalized spacial score (nSPS) is 14.3. The van der Waals surface area contributed by atoms with Gasteiger partial charge in [-0.05, 0) is 48.5 Å². The fourth-order valence-corrected chi connectivity index (χ4v) is 4.37. The summed E-state index contributed by atoms with van der Waals surface area (Å²) in [7, 11) is 3.73. The Morgan fingerprint density at radius 1 is 0.970 bits per heavy atom. The smallest absolute Gasteiger partial charge is 0.143 e. The lowest BCUT2D eigenvalue weighted by atomic mass is 10.0. The van der Waals surface area contributed by atoms with Gasteiger partial charge in [-0.2, -0.15) is 0 Å². The van der Waals surface area contributed by atoms with E-state index < -0.39 is 0 Å². The number of hydrogen-bond acceptors (Lipinski definition) is 6. The standard InChI is InChI=1S/C26H29ClN4O2/c1-30-8-10-31(11-9-30)23-5-3-4-19(13-23)12-21-16-22(29-18-28-21)17-24(32)14-20-6-7-26(33-2)25(27)15-20/h3-7,13,15-16,18H,8-12,14,17H2,1-2H3. The van der Waals surface area contributed by atoms with E-state index in [2.05, 4.69) is 51.1 Å². The fourth-order valence-electron chi connectivity index (χ4n) is 4.09. The van der Waals surface area contributed by atoms with E-state index in [1.165, 1.54) is 11.3 Å². The molecular formula is C26H29ClN4O2. The summed E-state index contributed by atoms with van der Waals surface area (Å²) in [6.45, 7) is 4.24. The van der Waals surface area contributed by atoms with Gasteiger partial charge in [0.1, 0.15) is 17.9 Å². The van der Waals surface area contributed by atoms with E-state index in [4.69, 9.17) is 16.3 Å². The van der Waals surface area contributed by atoms with Crippen LogP contribution in [0.5, 0.6) is 5.75 Å². The number of rotatable bonds is 8. The lowest BCUT2D eigenvalue weighted by Crippen LogP contribution is -2.44. The Hall–Kier alpha value is -2.96. The summed E-state index contributed by atoms with van der Waals surface area (Å²) in [5.41, 5.74) is 4.97. The summed E-state index contributed by atoms with van der Waals surface area (Å²) < 4.78 is 5.17. The van der Waals surface area contributed by atoms with E-state index in [1.807, 2.05) is 12.1 Å². The molecule has 0 atom stereocenters. The predicted molar refractivity (Wildman–Crippen MR) is 131 cm³/mol. The molecule has 6 nitrogen and oxygen atoms in total. The third-order valence-electron chi connectivity index (χ3n) is 5.94. The van der Waals surface area contributed by atoms with Crippen LogP contribution in [0.1, 0.15) is 22.5 Å². The lowest BCUT2D eigenvalue weighted by molar-refractivity contribution is -0.117. The van der Waals surface area contributed by atoms with Crippen LogP contribution in [0, 0.1) is 0 Å². The maximum Gasteiger partial charge on any atom is 0.143 e. The number of nitrogens with zero attached hydrogens (tertiary/aromatic N) is 4. The van der Waals surface area contributed by atoms with E-state index in [0.29, 0.717) is 23.6 Å². The zero-order valence-corrected chi connectivity index (χ0v) is 19.9. The molecule has 1 saturated heterocycles. The molecule has 0 N–H and O–H groups in total. The second kappa shape index (κ2) is 10.8. The molecule has 172 valence electrons. The molecule has 0 bridgehead atoms. The summed E-state index contributed by atoms with van der Waals surface area (Å²) >= 11 is 6.18. The van der Waals surface area contributed by atoms with Crippen molar-refractivity contribution in [1.29, 1.82) is 0 Å². The molecule has 0 spiro atoms. The molecular weight excluding hydrogens is 436 g/mol. The molecule has 1 aliphatic rings. The molecule has 1 aliphatic heterocycles. The molecule has 1 aromatic heterocycles. The summed E-state index contributed by atoms with van der Waals surface area (Å²) in [4.78, 5) is 26.1. The monoisotopic (exact) mass is 464 g/mol. The number of hydrogen-bond donors (Lipinski definition) is 0. The number of Topliss-reactive ketones (excluding diaryl/α,β-unsaturated/α-hetero) is 1. The third-order valence-corrected chi connectivity index (χ3v) is 6.24. The first-order chi connectivity index (χ1) is 16.0. The minimum atomic E-state index is 0.0814. The van der Waals surface area contributed by atoms with Gasteiger partial charge in [0.15, 0.2) is 0 Å². The molecule has 3 aromatic rings. The van der Waals surface area contributed by atoms with Crippen LogP contribution in [0.15, 0.2) is 54.9 Å². The number of halogens is 1. The van der Waals surface area contributed by atoms with Crippen molar-refractivity contribution in [3.63, 3.8) is 0 Å². The highest BCUT2D eigenvalue weighted by molar-refractivity contribution is 6.32. The Kier molecular flexibility index (Phi) is 7.57. The van der Waals surface area contributed by atoms with Crippen molar-refractivity contribution in [2.24, 2.45) is 0 Å². The number of piperazine rings is 1. The van der Waals surface area contributed by atoms with E-state index >= 15 is 0 Å². The van der Waals surface area contributed by atoms with E-state index in [1.54, 1.807) is 25.6 Å². The Labute approximate surface area is 200 Å². The highest BCUT2D eigenvalue weighted by atomic mass is 35.5. The number of carbonyl (C=O) groups is 1. The van der Waals surface area contributed by atoms with Crippen molar-refractivity contribution in [3.8, 4) is 5.75 Å². The van der Waals surface area contributed by atoms with Crippen molar-refractivity contribution in [1.82, 2.24) is 14.9 Å². The van der Waals surface area contributed by atoms with Gasteiger partial charge >= 0.3 is 0 Å². The fraction of sp³-hybridized carbons (Fsp3) is 0.346. The van der Waals surface area contributed by atoms with Crippen LogP contribution < -0.4 is 9.64 Å². The first-order valence-electron chi connectivity index (χ1n) is 11.2. The number of carbonyl (C=O) groups excluding carboxylic acids is 1. The highest BCUT2D eigenvalue weighted by Crippen LogP contribution is 2.25. The molecule has 7 heteroatoms. The average molecular weight is 465 g/mol. The number of ether oxygens (including phenoxy) is 1. The molecule has 2 aromatic carbocycles. The van der Waals surface area contributed by atoms with Crippen LogP contribution in [0.25, 0.3) is 0 Å². The number of anilines is 1. The second-order valence-electron chi connectivity index (χ2n) is 8.50. The van der Waals surface area contributed by atoms with Gasteiger partial charge in [0.2, 0.25) is 0 Å². The molecule has 0 saturated carbocycles. The van der Waals surface area contributed by atoms with Crippen LogP contribution in [0.3, 0.4) is 0 Å². The predicted octanol–water partition coefficient (Wildman–Crippen LogP) is 3.84. The lowest BCUT2D eigenvalue weighted by Gasteiger charge is -2.34. The van der Waals surface area contributed by atoms with Gasteiger partial charge in [0, 0.05) is 56.8 Å². The molecule has 33 heavy (non-hydrogen) atoms. The Balaban J connectivity index is 1.38. The zero-order valence-electron chi connectivity index (χ0n) is 19.1. The minimum absolute atomic E-state index is 0.0814. The van der Waals surface area contributed by atoms with Crippen molar-refractivity contribution in [2.45, 2.75) is 19.3 Å². The Morgan fingerprint density at radius 3 is 2.52 bits per heavy atom. The van der Waals surface area contributed by atoms with Crippen molar-refractivity contribution in [3.05, 3.63) is 82.4 Å². The average Bonchev–Trinajstić information content (AvgIpc) is 2.80. The summed E-state index contributed by atoms with van der Waals surface area (Å²) in [6, 6.07) is 16.0. The van der Waals surface area contributed by atoms with Gasteiger partial charge in [0.25, 0.3) is 0 Å². The SMILES string of the molecule is COc1ccc(CC(=O)Cc2cc(Cc3cccc(N4CCN(C)CC4)c3)ncn2)cc1Cl. The first-order valence-corrected chi connectivity index (χ1v) is 11.5. The summed E-state index contributed by atoms with van der Waals surface area (Å²) in [5.74, 6) is 0.683. The van der Waals surface area contributed by atoms with Gasteiger partial charge in [-0.25, -0.2) is 9.97 Å². The van der Waals surface area contributed by atoms with Crippen LogP contribution >= 0.6 is 11.6 Å². The van der Waals surface area contributed by atoms with Crippen LogP contribution in [0.4, 0.5) is 5.69 Å². The topological polar surface area (TPSA) is 58.6 Å². The van der Waals surface area contributed by atoms with Crippen molar-refractivity contribution >= 4 is 23.1 Å². The van der Waals surface area contributed by atoms with E-state index in [9.17, 15) is 4.79 Å². The summed E-state index contributed by atoms with van der Waals surface area (Å²) in [6.07, 6.45) is 2.82. The zero-order chi connectivity index (χ0) is 23.2.